The predicted octanol–water partition coefficient (Wildman–Crippen LogP) is 1.87. The molecule has 5 nitrogen and oxygen atoms in total. The molecule has 3 unspecified atom stereocenters. The van der Waals surface area contributed by atoms with Gasteiger partial charge in [-0.15, -0.1) is 0 Å². The zero-order valence-electron chi connectivity index (χ0n) is 11.4. The van der Waals surface area contributed by atoms with Crippen LogP contribution in [0, 0.1) is 0 Å². The minimum absolute atomic E-state index is 0.0706. The van der Waals surface area contributed by atoms with Gasteiger partial charge in [-0.2, -0.15) is 5.10 Å². The summed E-state index contributed by atoms with van der Waals surface area (Å²) in [7, 11) is 1.65. The van der Waals surface area contributed by atoms with Gasteiger partial charge in [0.25, 0.3) is 0 Å². The molecule has 102 valence electrons. The fraction of sp³-hybridized carbons (Fsp3) is 0.769. The molecule has 2 N–H and O–H groups in total. The maximum atomic E-state index is 6.35. The SMILES string of the molecule is CCCn1ncc(OC)c1C(N)C1CCC(C)O1. The summed E-state index contributed by atoms with van der Waals surface area (Å²) in [5.41, 5.74) is 7.31. The molecule has 2 rings (SSSR count). The third kappa shape index (κ3) is 2.52. The molecule has 0 aromatic carbocycles. The Kier molecular flexibility index (Phi) is 4.24. The van der Waals surface area contributed by atoms with Crippen molar-refractivity contribution in [3.05, 3.63) is 11.9 Å². The van der Waals surface area contributed by atoms with E-state index in [0.717, 1.165) is 37.3 Å². The monoisotopic (exact) mass is 253 g/mol. The van der Waals surface area contributed by atoms with Crippen LogP contribution in [0.25, 0.3) is 0 Å². The molecule has 0 bridgehead atoms. The summed E-state index contributed by atoms with van der Waals surface area (Å²) in [5.74, 6) is 0.763. The molecule has 1 saturated heterocycles. The van der Waals surface area contributed by atoms with Crippen molar-refractivity contribution in [1.82, 2.24) is 9.78 Å². The minimum atomic E-state index is -0.168. The van der Waals surface area contributed by atoms with Gasteiger partial charge in [-0.25, -0.2) is 0 Å². The fourth-order valence-electron chi connectivity index (χ4n) is 2.54. The quantitative estimate of drug-likeness (QED) is 0.870. The molecule has 0 amide bonds. The van der Waals surface area contributed by atoms with Crippen molar-refractivity contribution in [2.45, 2.75) is 57.9 Å². The van der Waals surface area contributed by atoms with E-state index in [9.17, 15) is 0 Å². The van der Waals surface area contributed by atoms with Gasteiger partial charge in [0.05, 0.1) is 37.3 Å². The summed E-state index contributed by atoms with van der Waals surface area (Å²) in [4.78, 5) is 0. The number of hydrogen-bond donors (Lipinski definition) is 1. The summed E-state index contributed by atoms with van der Waals surface area (Å²) in [6, 6.07) is -0.168. The molecule has 0 spiro atoms. The lowest BCUT2D eigenvalue weighted by atomic mass is 10.0. The molecule has 3 atom stereocenters. The van der Waals surface area contributed by atoms with Crippen molar-refractivity contribution >= 4 is 0 Å². The highest BCUT2D eigenvalue weighted by molar-refractivity contribution is 5.29. The van der Waals surface area contributed by atoms with Gasteiger partial charge < -0.3 is 15.2 Å². The third-order valence-electron chi connectivity index (χ3n) is 3.48. The highest BCUT2D eigenvalue weighted by Gasteiger charge is 2.32. The second kappa shape index (κ2) is 5.71. The number of aryl methyl sites for hydroxylation is 1. The summed E-state index contributed by atoms with van der Waals surface area (Å²) >= 11 is 0. The van der Waals surface area contributed by atoms with Crippen LogP contribution in [0.3, 0.4) is 0 Å². The maximum absolute atomic E-state index is 6.35. The standard InChI is InChI=1S/C13H23N3O2/c1-4-7-16-13(11(17-3)8-15-16)12(14)10-6-5-9(2)18-10/h8-10,12H,4-7,14H2,1-3H3. The second-order valence-corrected chi connectivity index (χ2v) is 4.91. The molecule has 0 aliphatic carbocycles. The van der Waals surface area contributed by atoms with Gasteiger partial charge >= 0.3 is 0 Å². The van der Waals surface area contributed by atoms with Crippen LogP contribution in [0.15, 0.2) is 6.20 Å². The lowest BCUT2D eigenvalue weighted by Gasteiger charge is -2.21. The fourth-order valence-corrected chi connectivity index (χ4v) is 2.54. The minimum Gasteiger partial charge on any atom is -0.493 e. The number of nitrogens with two attached hydrogens (primary N) is 1. The Hall–Kier alpha value is -1.07. The van der Waals surface area contributed by atoms with Crippen LogP contribution in [0.1, 0.15) is 44.8 Å². The number of rotatable bonds is 5. The van der Waals surface area contributed by atoms with Crippen LogP contribution in [-0.4, -0.2) is 29.1 Å². The third-order valence-corrected chi connectivity index (χ3v) is 3.48. The van der Waals surface area contributed by atoms with Crippen LogP contribution in [0.5, 0.6) is 5.75 Å². The largest absolute Gasteiger partial charge is 0.493 e. The Morgan fingerprint density at radius 3 is 2.94 bits per heavy atom. The zero-order valence-corrected chi connectivity index (χ0v) is 11.4. The first-order valence-electron chi connectivity index (χ1n) is 6.68. The Bertz CT molecular complexity index is 392. The van der Waals surface area contributed by atoms with Gasteiger partial charge in [0.1, 0.15) is 0 Å². The number of ether oxygens (including phenoxy) is 2. The van der Waals surface area contributed by atoms with Gasteiger partial charge in [-0.05, 0) is 26.2 Å². The van der Waals surface area contributed by atoms with Crippen LogP contribution >= 0.6 is 0 Å². The Morgan fingerprint density at radius 1 is 1.61 bits per heavy atom. The topological polar surface area (TPSA) is 62.3 Å². The van der Waals surface area contributed by atoms with Crippen LogP contribution < -0.4 is 10.5 Å². The Labute approximate surface area is 108 Å². The summed E-state index contributed by atoms with van der Waals surface area (Å²) < 4.78 is 13.2. The molecule has 1 aliphatic rings. The maximum Gasteiger partial charge on any atom is 0.161 e. The van der Waals surface area contributed by atoms with Gasteiger partial charge in [-0.3, -0.25) is 4.68 Å². The average Bonchev–Trinajstić information content (AvgIpc) is 2.95. The molecular weight excluding hydrogens is 230 g/mol. The summed E-state index contributed by atoms with van der Waals surface area (Å²) in [6.07, 6.45) is 5.21. The van der Waals surface area contributed by atoms with Gasteiger partial charge in [-0.1, -0.05) is 6.92 Å². The average molecular weight is 253 g/mol. The van der Waals surface area contributed by atoms with Crippen molar-refractivity contribution in [3.63, 3.8) is 0 Å². The molecular formula is C13H23N3O2. The van der Waals surface area contributed by atoms with E-state index in [1.165, 1.54) is 0 Å². The van der Waals surface area contributed by atoms with Crippen molar-refractivity contribution in [2.24, 2.45) is 5.73 Å². The molecule has 1 aromatic rings. The normalized spacial score (nSPS) is 25.3. The lowest BCUT2D eigenvalue weighted by Crippen LogP contribution is -2.29. The molecule has 18 heavy (non-hydrogen) atoms. The Balaban J connectivity index is 2.21. The van der Waals surface area contributed by atoms with E-state index in [1.807, 2.05) is 4.68 Å². The van der Waals surface area contributed by atoms with E-state index in [4.69, 9.17) is 15.2 Å². The summed E-state index contributed by atoms with van der Waals surface area (Å²) in [5, 5.41) is 4.34. The number of methoxy groups -OCH3 is 1. The molecule has 1 aliphatic heterocycles. The highest BCUT2D eigenvalue weighted by Crippen LogP contribution is 2.32. The first-order valence-corrected chi connectivity index (χ1v) is 6.68. The first kappa shape index (κ1) is 13.4. The van der Waals surface area contributed by atoms with Crippen LogP contribution in [0.2, 0.25) is 0 Å². The first-order chi connectivity index (χ1) is 8.67. The molecule has 1 fully saturated rings. The molecule has 1 aromatic heterocycles. The lowest BCUT2D eigenvalue weighted by molar-refractivity contribution is 0.0379. The molecule has 0 radical (unpaired) electrons. The van der Waals surface area contributed by atoms with Crippen molar-refractivity contribution in [2.75, 3.05) is 7.11 Å². The van der Waals surface area contributed by atoms with Gasteiger partial charge in [0.2, 0.25) is 0 Å². The van der Waals surface area contributed by atoms with E-state index in [-0.39, 0.29) is 12.1 Å². The van der Waals surface area contributed by atoms with Crippen molar-refractivity contribution < 1.29 is 9.47 Å². The number of hydrogen-bond acceptors (Lipinski definition) is 4. The Morgan fingerprint density at radius 2 is 2.39 bits per heavy atom. The van der Waals surface area contributed by atoms with Crippen molar-refractivity contribution in [3.8, 4) is 5.75 Å². The van der Waals surface area contributed by atoms with E-state index >= 15 is 0 Å². The van der Waals surface area contributed by atoms with Gasteiger partial charge in [0.15, 0.2) is 5.75 Å². The predicted molar refractivity (Wildman–Crippen MR) is 69.6 cm³/mol. The number of aromatic nitrogens is 2. The molecule has 0 saturated carbocycles. The van der Waals surface area contributed by atoms with Crippen LogP contribution in [-0.2, 0) is 11.3 Å². The van der Waals surface area contributed by atoms with E-state index in [1.54, 1.807) is 13.3 Å². The zero-order chi connectivity index (χ0) is 13.1. The van der Waals surface area contributed by atoms with E-state index in [2.05, 4.69) is 18.9 Å². The second-order valence-electron chi connectivity index (χ2n) is 4.91. The molecule has 2 heterocycles. The van der Waals surface area contributed by atoms with Crippen molar-refractivity contribution in [1.29, 1.82) is 0 Å². The number of nitrogens with zero attached hydrogens (tertiary/aromatic N) is 2. The van der Waals surface area contributed by atoms with E-state index in [0.29, 0.717) is 6.10 Å². The van der Waals surface area contributed by atoms with Crippen LogP contribution in [0.4, 0.5) is 0 Å². The van der Waals surface area contributed by atoms with Gasteiger partial charge in [0, 0.05) is 6.54 Å². The molecule has 5 heteroatoms. The van der Waals surface area contributed by atoms with E-state index < -0.39 is 0 Å². The summed E-state index contributed by atoms with van der Waals surface area (Å²) in [6.45, 7) is 5.07. The smallest absolute Gasteiger partial charge is 0.161 e. The highest BCUT2D eigenvalue weighted by atomic mass is 16.5.